The number of thiazole rings is 1. The number of nitrogens with two attached hydrogens (primary N) is 2. The van der Waals surface area contributed by atoms with Gasteiger partial charge in [0.15, 0.2) is 16.7 Å². The van der Waals surface area contributed by atoms with Crippen LogP contribution in [0.2, 0.25) is 4.34 Å². The molecule has 41 heavy (non-hydrogen) atoms. The highest BCUT2D eigenvalue weighted by molar-refractivity contribution is 8.00. The maximum atomic E-state index is 13.2. The summed E-state index contributed by atoms with van der Waals surface area (Å²) in [5.74, 6) is -3.65. The summed E-state index contributed by atoms with van der Waals surface area (Å²) in [5.41, 5.74) is 11.7. The zero-order valence-electron chi connectivity index (χ0n) is 20.9. The molecule has 0 aliphatic carbocycles. The summed E-state index contributed by atoms with van der Waals surface area (Å²) in [6, 6.07) is 2.39. The number of aromatic amines is 1. The lowest BCUT2D eigenvalue weighted by Crippen LogP contribution is -2.71. The Morgan fingerprint density at radius 1 is 1.39 bits per heavy atom. The molecule has 3 atom stereocenters. The van der Waals surface area contributed by atoms with Gasteiger partial charge >= 0.3 is 17.6 Å². The van der Waals surface area contributed by atoms with E-state index in [0.717, 1.165) is 16.2 Å². The molecule has 0 bridgehead atoms. The number of H-pyrrole nitrogens is 1. The third-order valence-corrected chi connectivity index (χ3v) is 8.63. The number of β-lactam (4-membered cyclic amide) rings is 1. The van der Waals surface area contributed by atoms with Gasteiger partial charge in [0, 0.05) is 11.3 Å². The van der Waals surface area contributed by atoms with Crippen molar-refractivity contribution in [1.82, 2.24) is 25.4 Å². The summed E-state index contributed by atoms with van der Waals surface area (Å²) < 4.78 is 1.71. The monoisotopic (exact) mass is 622 g/mol. The Morgan fingerprint density at radius 2 is 2.15 bits per heavy atom. The number of pyridine rings is 1. The molecule has 5 rings (SSSR count). The van der Waals surface area contributed by atoms with Crippen molar-refractivity contribution >= 4 is 86.1 Å². The van der Waals surface area contributed by atoms with Gasteiger partial charge in [-0.25, -0.2) is 19.1 Å². The normalized spacial score (nSPS) is 19.5. The van der Waals surface area contributed by atoms with Crippen LogP contribution in [0.4, 0.5) is 10.9 Å². The Labute approximate surface area is 243 Å². The number of hydrogen-bond acceptors (Lipinski definition) is 12. The van der Waals surface area contributed by atoms with E-state index in [-0.39, 0.29) is 33.2 Å². The summed E-state index contributed by atoms with van der Waals surface area (Å²) >= 11 is 8.25. The van der Waals surface area contributed by atoms with Crippen molar-refractivity contribution in [1.29, 1.82) is 0 Å². The van der Waals surface area contributed by atoms with E-state index in [4.69, 9.17) is 33.0 Å². The van der Waals surface area contributed by atoms with Gasteiger partial charge in [0.05, 0.1) is 11.3 Å². The first-order valence-electron chi connectivity index (χ1n) is 11.7. The van der Waals surface area contributed by atoms with Crippen molar-refractivity contribution < 1.29 is 38.8 Å². The van der Waals surface area contributed by atoms with Crippen LogP contribution in [0.25, 0.3) is 11.0 Å². The summed E-state index contributed by atoms with van der Waals surface area (Å²) in [6.07, 6.45) is 0.308. The van der Waals surface area contributed by atoms with Gasteiger partial charge in [-0.2, -0.15) is 5.10 Å². The molecule has 2 aliphatic heterocycles. The zero-order chi connectivity index (χ0) is 29.6. The topological polar surface area (TPSA) is 243 Å². The lowest BCUT2D eigenvalue weighted by Gasteiger charge is -2.49. The minimum Gasteiger partial charge on any atom is -0.478 e. The largest absolute Gasteiger partial charge is 0.478 e. The molecule has 214 valence electrons. The number of nitrogens with zero attached hydrogens (tertiary/aromatic N) is 5. The van der Waals surface area contributed by atoms with Gasteiger partial charge in [-0.15, -0.1) is 11.8 Å². The van der Waals surface area contributed by atoms with Crippen LogP contribution < -0.4 is 21.4 Å². The summed E-state index contributed by atoms with van der Waals surface area (Å²) in [5, 5.41) is 32.1. The van der Waals surface area contributed by atoms with E-state index in [1.807, 2.05) is 0 Å². The molecule has 19 heteroatoms. The number of carboxylic acids is 2. The number of thioether (sulfide) groups is 1. The zero-order valence-corrected chi connectivity index (χ0v) is 23.3. The van der Waals surface area contributed by atoms with Crippen molar-refractivity contribution in [2.24, 2.45) is 5.16 Å². The second kappa shape index (κ2) is 10.9. The number of fused-ring (bicyclic) bond motifs is 2. The van der Waals surface area contributed by atoms with E-state index >= 15 is 0 Å². The Bertz CT molecular complexity index is 1670. The van der Waals surface area contributed by atoms with Crippen LogP contribution in [0.5, 0.6) is 0 Å². The third kappa shape index (κ3) is 5.11. The van der Waals surface area contributed by atoms with Crippen LogP contribution in [-0.4, -0.2) is 83.0 Å². The number of hydrogen-bond donors (Lipinski definition) is 6. The van der Waals surface area contributed by atoms with Crippen LogP contribution in [-0.2, 0) is 30.6 Å². The first-order chi connectivity index (χ1) is 19.5. The Balaban J connectivity index is 1.39. The van der Waals surface area contributed by atoms with E-state index in [2.05, 4.69) is 25.7 Å². The molecule has 0 radical (unpaired) electrons. The minimum absolute atomic E-state index is 0.0106. The van der Waals surface area contributed by atoms with Gasteiger partial charge in [-0.05, 0) is 19.1 Å². The minimum atomic E-state index is -1.41. The summed E-state index contributed by atoms with van der Waals surface area (Å²) in [7, 11) is 0. The molecular weight excluding hydrogens is 602 g/mol. The number of nitrogens with one attached hydrogen (secondary N) is 2. The quantitative estimate of drug-likeness (QED) is 0.0783. The SMILES string of the molecule is C[C@H](ON=C(C(=O)N[C@@H]1C(=O)N2C(C(=O)O)=C(C[n+]3cccc4c(N)[nH]nc43)CSC12)c1nc(N)sc1Cl)C(=O)O. The van der Waals surface area contributed by atoms with Crippen molar-refractivity contribution in [3.05, 3.63) is 39.6 Å². The van der Waals surface area contributed by atoms with Crippen molar-refractivity contribution in [2.75, 3.05) is 17.2 Å². The number of halogens is 1. The number of carbonyl (C=O) groups excluding carboxylic acids is 2. The molecule has 1 fully saturated rings. The van der Waals surface area contributed by atoms with E-state index in [0.29, 0.717) is 22.4 Å². The maximum absolute atomic E-state index is 13.2. The van der Waals surface area contributed by atoms with Crippen LogP contribution in [0.15, 0.2) is 34.8 Å². The molecule has 0 aromatic carbocycles. The fourth-order valence-corrected chi connectivity index (χ4v) is 6.49. The molecule has 0 saturated carbocycles. The molecule has 1 saturated heterocycles. The number of aliphatic carboxylic acids is 2. The van der Waals surface area contributed by atoms with Crippen molar-refractivity contribution in [3.63, 3.8) is 0 Å². The molecule has 16 nitrogen and oxygen atoms in total. The molecular formula is C22H21ClN9O7S2+. The Kier molecular flexibility index (Phi) is 7.45. The van der Waals surface area contributed by atoms with Crippen molar-refractivity contribution in [2.45, 2.75) is 31.0 Å². The molecule has 2 amide bonds. The molecule has 3 aromatic rings. The number of carboxylic acid groups (broad SMARTS) is 2. The van der Waals surface area contributed by atoms with Gasteiger partial charge in [0.25, 0.3) is 11.8 Å². The van der Waals surface area contributed by atoms with E-state index in [1.165, 1.54) is 18.7 Å². The molecule has 8 N–H and O–H groups in total. The molecule has 0 spiro atoms. The van der Waals surface area contributed by atoms with Crippen LogP contribution in [0.1, 0.15) is 12.6 Å². The summed E-state index contributed by atoms with van der Waals surface area (Å²) in [4.78, 5) is 59.9. The molecule has 5 heterocycles. The molecule has 1 unspecified atom stereocenters. The first-order valence-corrected chi connectivity index (χ1v) is 13.9. The lowest BCUT2D eigenvalue weighted by atomic mass is 10.0. The number of rotatable bonds is 9. The van der Waals surface area contributed by atoms with Crippen LogP contribution in [0, 0.1) is 0 Å². The maximum Gasteiger partial charge on any atom is 0.359 e. The Hall–Kier alpha value is -4.42. The average molecular weight is 623 g/mol. The number of carbonyl (C=O) groups is 4. The van der Waals surface area contributed by atoms with Gasteiger partial charge in [0.1, 0.15) is 39.1 Å². The van der Waals surface area contributed by atoms with E-state index in [9.17, 15) is 24.3 Å². The van der Waals surface area contributed by atoms with Crippen LogP contribution >= 0.6 is 34.7 Å². The van der Waals surface area contributed by atoms with Gasteiger partial charge in [-0.1, -0.05) is 28.1 Å². The number of nitrogen functional groups attached to an aromatic ring is 2. The average Bonchev–Trinajstić information content (AvgIpc) is 3.47. The highest BCUT2D eigenvalue weighted by atomic mass is 35.5. The molecule has 2 aliphatic rings. The first kappa shape index (κ1) is 28.1. The smallest absolute Gasteiger partial charge is 0.359 e. The summed E-state index contributed by atoms with van der Waals surface area (Å²) in [6.45, 7) is 1.32. The number of anilines is 2. The Morgan fingerprint density at radius 3 is 2.80 bits per heavy atom. The highest BCUT2D eigenvalue weighted by Crippen LogP contribution is 2.40. The second-order valence-electron chi connectivity index (χ2n) is 8.83. The third-order valence-electron chi connectivity index (χ3n) is 6.20. The standard InChI is InChI=1S/C22H20ClN9O7S2/c1-7(20(35)36)39-30-11(10-14(23)41-22(25)27-10)17(33)26-12-18(34)32-13(21(37)38)8(6-40-19(12)32)5-31-4-2-3-9-15(24)28-29-16(9)31/h2-4,7,12,19H,5-6H2,1H3,(H7,24,25,26,27,28,33,35,36,37,38)/p+1/t7-,12+,19?/m0/s1. The van der Waals surface area contributed by atoms with Gasteiger partial charge in [0.2, 0.25) is 6.10 Å². The highest BCUT2D eigenvalue weighted by Gasteiger charge is 2.54. The van der Waals surface area contributed by atoms with Gasteiger partial charge in [-0.3, -0.25) is 14.5 Å². The van der Waals surface area contributed by atoms with Gasteiger partial charge < -0.3 is 31.8 Å². The van der Waals surface area contributed by atoms with Crippen molar-refractivity contribution in [3.8, 4) is 0 Å². The molecule has 3 aromatic heterocycles. The second-order valence-corrected chi connectivity index (χ2v) is 11.6. The lowest BCUT2D eigenvalue weighted by molar-refractivity contribution is -0.665. The fourth-order valence-electron chi connectivity index (χ4n) is 4.23. The number of aromatic nitrogens is 4. The van der Waals surface area contributed by atoms with E-state index in [1.54, 1.807) is 22.9 Å². The van der Waals surface area contributed by atoms with Crippen LogP contribution in [0.3, 0.4) is 0 Å². The number of oxime groups is 1. The van der Waals surface area contributed by atoms with E-state index < -0.39 is 47.0 Å². The fraction of sp³-hybridized carbons (Fsp3) is 0.273. The predicted octanol–water partition coefficient (Wildman–Crippen LogP) is -0.243. The number of amides is 2. The predicted molar refractivity (Wildman–Crippen MR) is 147 cm³/mol.